The predicted octanol–water partition coefficient (Wildman–Crippen LogP) is 5.86. The summed E-state index contributed by atoms with van der Waals surface area (Å²) in [6.45, 7) is 5.31. The fraction of sp³-hybridized carbons (Fsp3) is 0.333. The first-order chi connectivity index (χ1) is 10.2. The summed E-state index contributed by atoms with van der Waals surface area (Å²) in [6.07, 6.45) is 2.31. The number of nitrogens with one attached hydrogen (secondary N) is 1. The molecule has 2 aromatic carbocycles. The first-order valence-electron chi connectivity index (χ1n) is 7.42. The summed E-state index contributed by atoms with van der Waals surface area (Å²) in [5.41, 5.74) is 4.01. The second-order valence-corrected chi connectivity index (χ2v) is 6.92. The first kappa shape index (κ1) is 16.7. The van der Waals surface area contributed by atoms with E-state index in [-0.39, 0.29) is 6.04 Å². The van der Waals surface area contributed by atoms with Gasteiger partial charge < -0.3 is 5.32 Å². The Labute approximate surface area is 144 Å². The molecule has 0 aliphatic heterocycles. The average Bonchev–Trinajstić information content (AvgIpc) is 2.46. The van der Waals surface area contributed by atoms with Gasteiger partial charge in [0.25, 0.3) is 0 Å². The van der Waals surface area contributed by atoms with Gasteiger partial charge in [0.05, 0.1) is 6.04 Å². The van der Waals surface area contributed by atoms with Crippen molar-refractivity contribution in [3.05, 3.63) is 68.1 Å². The molecule has 2 rings (SSSR count). The maximum absolute atomic E-state index is 3.69. The Hall–Kier alpha value is -0.640. The third kappa shape index (κ3) is 4.41. The monoisotopic (exact) mass is 409 g/mol. The van der Waals surface area contributed by atoms with Crippen LogP contribution in [0.1, 0.15) is 43.0 Å². The largest absolute Gasteiger partial charge is 0.306 e. The molecular formula is C18H21Br2N. The van der Waals surface area contributed by atoms with E-state index in [0.29, 0.717) is 0 Å². The number of aryl methyl sites for hydroxylation is 1. The van der Waals surface area contributed by atoms with Crippen LogP contribution < -0.4 is 5.32 Å². The van der Waals surface area contributed by atoms with E-state index in [0.717, 1.165) is 21.9 Å². The minimum atomic E-state index is 0.217. The van der Waals surface area contributed by atoms with Gasteiger partial charge in [-0.2, -0.15) is 0 Å². The number of hydrogen-bond donors (Lipinski definition) is 1. The zero-order valence-electron chi connectivity index (χ0n) is 12.5. The van der Waals surface area contributed by atoms with Gasteiger partial charge in [0, 0.05) is 8.95 Å². The third-order valence-corrected chi connectivity index (χ3v) is 4.68. The molecule has 0 saturated heterocycles. The van der Waals surface area contributed by atoms with Gasteiger partial charge >= 0.3 is 0 Å². The van der Waals surface area contributed by atoms with Crippen LogP contribution in [-0.4, -0.2) is 6.54 Å². The minimum absolute atomic E-state index is 0.217. The van der Waals surface area contributed by atoms with Crippen molar-refractivity contribution in [1.82, 2.24) is 5.32 Å². The van der Waals surface area contributed by atoms with Crippen LogP contribution in [0, 0.1) is 0 Å². The van der Waals surface area contributed by atoms with Crippen LogP contribution in [0.15, 0.2) is 51.4 Å². The molecule has 0 radical (unpaired) electrons. The van der Waals surface area contributed by atoms with Crippen molar-refractivity contribution in [2.45, 2.75) is 32.7 Å². The van der Waals surface area contributed by atoms with Crippen molar-refractivity contribution >= 4 is 31.9 Å². The quantitative estimate of drug-likeness (QED) is 0.628. The Kier molecular flexibility index (Phi) is 6.46. The summed E-state index contributed by atoms with van der Waals surface area (Å²) in [4.78, 5) is 0. The third-order valence-electron chi connectivity index (χ3n) is 3.50. The summed E-state index contributed by atoms with van der Waals surface area (Å²) in [7, 11) is 0. The van der Waals surface area contributed by atoms with E-state index >= 15 is 0 Å². The molecule has 1 N–H and O–H groups in total. The summed E-state index contributed by atoms with van der Waals surface area (Å²) >= 11 is 7.22. The Morgan fingerprint density at radius 2 is 1.86 bits per heavy atom. The zero-order chi connectivity index (χ0) is 15.2. The van der Waals surface area contributed by atoms with Crippen LogP contribution in [0.4, 0.5) is 0 Å². The van der Waals surface area contributed by atoms with Crippen molar-refractivity contribution in [1.29, 1.82) is 0 Å². The number of benzene rings is 2. The highest BCUT2D eigenvalue weighted by Crippen LogP contribution is 2.31. The molecule has 0 heterocycles. The Morgan fingerprint density at radius 1 is 1.05 bits per heavy atom. The van der Waals surface area contributed by atoms with E-state index in [1.807, 2.05) is 0 Å². The van der Waals surface area contributed by atoms with Gasteiger partial charge in [0.15, 0.2) is 0 Å². The van der Waals surface area contributed by atoms with E-state index in [2.05, 4.69) is 93.5 Å². The molecule has 0 aromatic heterocycles. The molecule has 112 valence electrons. The molecule has 0 saturated carbocycles. The van der Waals surface area contributed by atoms with Crippen LogP contribution in [0.3, 0.4) is 0 Å². The van der Waals surface area contributed by atoms with Gasteiger partial charge in [0.2, 0.25) is 0 Å². The molecular weight excluding hydrogens is 390 g/mol. The number of hydrogen-bond acceptors (Lipinski definition) is 1. The van der Waals surface area contributed by atoms with Gasteiger partial charge in [-0.1, -0.05) is 82.5 Å². The lowest BCUT2D eigenvalue weighted by atomic mass is 9.96. The molecule has 1 atom stereocenters. The second kappa shape index (κ2) is 8.11. The van der Waals surface area contributed by atoms with Crippen molar-refractivity contribution in [3.8, 4) is 0 Å². The summed E-state index contributed by atoms with van der Waals surface area (Å²) < 4.78 is 2.22. The highest BCUT2D eigenvalue weighted by molar-refractivity contribution is 9.11. The van der Waals surface area contributed by atoms with Crippen molar-refractivity contribution in [3.63, 3.8) is 0 Å². The second-order valence-electron chi connectivity index (χ2n) is 5.15. The van der Waals surface area contributed by atoms with Crippen LogP contribution in [0.2, 0.25) is 0 Å². The number of halogens is 2. The Bertz CT molecular complexity index is 596. The molecule has 0 fully saturated rings. The zero-order valence-corrected chi connectivity index (χ0v) is 15.7. The molecule has 3 heteroatoms. The van der Waals surface area contributed by atoms with Gasteiger partial charge in [-0.25, -0.2) is 0 Å². The standard InChI is InChI=1S/C18H21Br2N/c1-3-6-13-7-5-8-14(11-13)18(21-4-2)16-10-9-15(19)12-17(16)20/h5,7-12,18,21H,3-4,6H2,1-2H3. The topological polar surface area (TPSA) is 12.0 Å². The van der Waals surface area contributed by atoms with Crippen LogP contribution in [0.5, 0.6) is 0 Å². The maximum Gasteiger partial charge on any atom is 0.0587 e. The highest BCUT2D eigenvalue weighted by atomic mass is 79.9. The molecule has 0 aliphatic carbocycles. The average molecular weight is 411 g/mol. The molecule has 2 aromatic rings. The van der Waals surface area contributed by atoms with E-state index in [9.17, 15) is 0 Å². The molecule has 1 unspecified atom stereocenters. The van der Waals surface area contributed by atoms with Gasteiger partial charge in [0.1, 0.15) is 0 Å². The fourth-order valence-corrected chi connectivity index (χ4v) is 3.84. The predicted molar refractivity (Wildman–Crippen MR) is 97.8 cm³/mol. The number of rotatable bonds is 6. The molecule has 0 amide bonds. The lowest BCUT2D eigenvalue weighted by Crippen LogP contribution is -2.22. The molecule has 0 aliphatic rings. The van der Waals surface area contributed by atoms with Crippen LogP contribution >= 0.6 is 31.9 Å². The molecule has 0 bridgehead atoms. The first-order valence-corrected chi connectivity index (χ1v) is 9.01. The maximum atomic E-state index is 3.69. The van der Waals surface area contributed by atoms with E-state index in [1.54, 1.807) is 0 Å². The molecule has 21 heavy (non-hydrogen) atoms. The summed E-state index contributed by atoms with van der Waals surface area (Å²) in [5, 5.41) is 3.60. The highest BCUT2D eigenvalue weighted by Gasteiger charge is 2.16. The van der Waals surface area contributed by atoms with Crippen molar-refractivity contribution < 1.29 is 0 Å². The van der Waals surface area contributed by atoms with E-state index in [4.69, 9.17) is 0 Å². The van der Waals surface area contributed by atoms with E-state index in [1.165, 1.54) is 23.1 Å². The molecule has 0 spiro atoms. The SMILES string of the molecule is CCCc1cccc(C(NCC)c2ccc(Br)cc2Br)c1. The lowest BCUT2D eigenvalue weighted by Gasteiger charge is -2.21. The van der Waals surface area contributed by atoms with Gasteiger partial charge in [-0.3, -0.25) is 0 Å². The van der Waals surface area contributed by atoms with Crippen LogP contribution in [-0.2, 0) is 6.42 Å². The van der Waals surface area contributed by atoms with Crippen molar-refractivity contribution in [2.75, 3.05) is 6.54 Å². The van der Waals surface area contributed by atoms with Gasteiger partial charge in [-0.15, -0.1) is 0 Å². The lowest BCUT2D eigenvalue weighted by molar-refractivity contribution is 0.627. The normalized spacial score (nSPS) is 12.4. The van der Waals surface area contributed by atoms with Crippen molar-refractivity contribution in [2.24, 2.45) is 0 Å². The summed E-state index contributed by atoms with van der Waals surface area (Å²) in [6, 6.07) is 15.5. The molecule has 1 nitrogen and oxygen atoms in total. The van der Waals surface area contributed by atoms with E-state index < -0.39 is 0 Å². The smallest absolute Gasteiger partial charge is 0.0587 e. The summed E-state index contributed by atoms with van der Waals surface area (Å²) in [5.74, 6) is 0. The Balaban J connectivity index is 2.40. The van der Waals surface area contributed by atoms with Gasteiger partial charge in [-0.05, 0) is 41.8 Å². The Morgan fingerprint density at radius 3 is 2.52 bits per heavy atom. The minimum Gasteiger partial charge on any atom is -0.306 e. The fourth-order valence-electron chi connectivity index (χ4n) is 2.56. The van der Waals surface area contributed by atoms with Crippen LogP contribution in [0.25, 0.3) is 0 Å².